The predicted octanol–water partition coefficient (Wildman–Crippen LogP) is 2.83. The highest BCUT2D eigenvalue weighted by molar-refractivity contribution is 6.01. The molecule has 7 nitrogen and oxygen atoms in total. The second-order valence-electron chi connectivity index (χ2n) is 9.63. The first-order chi connectivity index (χ1) is 14.0. The smallest absolute Gasteiger partial charge is 0.407 e. The Morgan fingerprint density at radius 2 is 1.45 bits per heavy atom. The largest absolute Gasteiger partial charge is 0.465 e. The summed E-state index contributed by atoms with van der Waals surface area (Å²) < 4.78 is 0. The van der Waals surface area contributed by atoms with E-state index in [0.29, 0.717) is 24.9 Å². The number of carboxylic acid groups (broad SMARTS) is 1. The van der Waals surface area contributed by atoms with Crippen LogP contribution >= 0.6 is 0 Å². The molecule has 3 amide bonds. The van der Waals surface area contributed by atoms with Crippen molar-refractivity contribution >= 4 is 17.9 Å². The van der Waals surface area contributed by atoms with Crippen molar-refractivity contribution in [2.75, 3.05) is 13.1 Å². The number of hydrogen-bond acceptors (Lipinski definition) is 3. The summed E-state index contributed by atoms with van der Waals surface area (Å²) in [5.74, 6) is -0.964. The van der Waals surface area contributed by atoms with Gasteiger partial charge in [0.1, 0.15) is 5.92 Å². The van der Waals surface area contributed by atoms with Gasteiger partial charge in [0.15, 0.2) is 0 Å². The Bertz CT molecular complexity index is 652. The van der Waals surface area contributed by atoms with E-state index in [9.17, 15) is 19.5 Å². The van der Waals surface area contributed by atoms with Crippen molar-refractivity contribution in [2.45, 2.75) is 82.7 Å². The Hall–Kier alpha value is -1.79. The number of piperidine rings is 2. The molecule has 3 N–H and O–H groups in total. The number of nitrogens with zero attached hydrogens (tertiary/aromatic N) is 2. The van der Waals surface area contributed by atoms with Crippen LogP contribution in [0.2, 0.25) is 0 Å². The van der Waals surface area contributed by atoms with Crippen molar-refractivity contribution in [1.29, 1.82) is 0 Å². The topological polar surface area (TPSA) is 104 Å². The molecule has 7 heteroatoms. The average Bonchev–Trinajstić information content (AvgIpc) is 2.73. The van der Waals surface area contributed by atoms with Gasteiger partial charge in [0.25, 0.3) is 0 Å². The number of primary amides is 1. The summed E-state index contributed by atoms with van der Waals surface area (Å²) >= 11 is 0. The van der Waals surface area contributed by atoms with Gasteiger partial charge in [0.2, 0.25) is 11.8 Å². The van der Waals surface area contributed by atoms with Gasteiger partial charge in [-0.1, -0.05) is 32.1 Å². The number of likely N-dealkylation sites (tertiary alicyclic amines) is 2. The molecule has 4 rings (SSSR count). The Morgan fingerprint density at radius 1 is 0.793 bits per heavy atom. The van der Waals surface area contributed by atoms with Crippen LogP contribution in [0.15, 0.2) is 0 Å². The Kier molecular flexibility index (Phi) is 6.02. The van der Waals surface area contributed by atoms with Crippen LogP contribution in [0.4, 0.5) is 4.79 Å². The highest BCUT2D eigenvalue weighted by atomic mass is 16.4. The third-order valence-electron chi connectivity index (χ3n) is 8.19. The molecule has 0 aromatic carbocycles. The lowest BCUT2D eigenvalue weighted by Crippen LogP contribution is -2.63. The molecule has 0 spiro atoms. The predicted molar refractivity (Wildman–Crippen MR) is 108 cm³/mol. The molecule has 6 unspecified atom stereocenters. The van der Waals surface area contributed by atoms with Crippen LogP contribution in [-0.4, -0.2) is 58.0 Å². The van der Waals surface area contributed by atoms with E-state index < -0.39 is 24.0 Å². The van der Waals surface area contributed by atoms with Crippen LogP contribution in [0.1, 0.15) is 70.6 Å². The van der Waals surface area contributed by atoms with Gasteiger partial charge in [-0.3, -0.25) is 9.59 Å². The van der Waals surface area contributed by atoms with E-state index in [0.717, 1.165) is 64.2 Å². The molecule has 0 radical (unpaired) electrons. The molecule has 0 aromatic heterocycles. The van der Waals surface area contributed by atoms with Gasteiger partial charge < -0.3 is 20.6 Å². The third-order valence-corrected chi connectivity index (χ3v) is 8.19. The summed E-state index contributed by atoms with van der Waals surface area (Å²) in [7, 11) is 0. The molecule has 0 bridgehead atoms. The van der Waals surface area contributed by atoms with Crippen LogP contribution in [-0.2, 0) is 9.59 Å². The quantitative estimate of drug-likeness (QED) is 0.705. The molecule has 29 heavy (non-hydrogen) atoms. The van der Waals surface area contributed by atoms with Crippen LogP contribution in [0.3, 0.4) is 0 Å². The molecule has 2 saturated carbocycles. The van der Waals surface area contributed by atoms with Gasteiger partial charge in [0, 0.05) is 19.1 Å². The lowest BCUT2D eigenvalue weighted by atomic mass is 9.67. The number of carbonyl (C=O) groups excluding carboxylic acids is 2. The van der Waals surface area contributed by atoms with E-state index >= 15 is 0 Å². The first-order valence-corrected chi connectivity index (χ1v) is 11.6. The maximum absolute atomic E-state index is 13.7. The van der Waals surface area contributed by atoms with Crippen LogP contribution in [0, 0.1) is 23.7 Å². The van der Waals surface area contributed by atoms with Crippen LogP contribution in [0.25, 0.3) is 0 Å². The van der Waals surface area contributed by atoms with Gasteiger partial charge in [0.05, 0.1) is 6.04 Å². The van der Waals surface area contributed by atoms with Crippen LogP contribution in [0.5, 0.6) is 0 Å². The van der Waals surface area contributed by atoms with E-state index in [4.69, 9.17) is 5.73 Å². The van der Waals surface area contributed by atoms with E-state index in [2.05, 4.69) is 0 Å². The second-order valence-corrected chi connectivity index (χ2v) is 9.63. The average molecular weight is 406 g/mol. The fourth-order valence-electron chi connectivity index (χ4n) is 6.89. The molecule has 6 atom stereocenters. The van der Waals surface area contributed by atoms with Crippen molar-refractivity contribution in [2.24, 2.45) is 29.4 Å². The first-order valence-electron chi connectivity index (χ1n) is 11.6. The molecule has 2 saturated heterocycles. The van der Waals surface area contributed by atoms with E-state index in [1.165, 1.54) is 11.3 Å². The van der Waals surface area contributed by atoms with E-state index in [-0.39, 0.29) is 17.9 Å². The minimum Gasteiger partial charge on any atom is -0.465 e. The van der Waals surface area contributed by atoms with Crippen LogP contribution < -0.4 is 5.73 Å². The summed E-state index contributed by atoms with van der Waals surface area (Å²) in [6.45, 7) is 1.06. The summed E-state index contributed by atoms with van der Waals surface area (Å²) in [4.78, 5) is 41.7. The SMILES string of the molecule is NC(=O)C(C(=O)N1CCCC2CCCCC21)C1C2CCCCC2CCN1C(=O)O. The normalized spacial score (nSPS) is 35.9. The van der Waals surface area contributed by atoms with Gasteiger partial charge in [-0.2, -0.15) is 0 Å². The molecular formula is C22H35N3O4. The number of hydrogen-bond donors (Lipinski definition) is 2. The summed E-state index contributed by atoms with van der Waals surface area (Å²) in [5, 5.41) is 9.86. The second kappa shape index (κ2) is 8.52. The maximum atomic E-state index is 13.7. The van der Waals surface area contributed by atoms with Gasteiger partial charge in [-0.05, 0) is 56.3 Å². The highest BCUT2D eigenvalue weighted by Gasteiger charge is 2.51. The zero-order chi connectivity index (χ0) is 20.5. The molecule has 2 aliphatic carbocycles. The highest BCUT2D eigenvalue weighted by Crippen LogP contribution is 2.44. The lowest BCUT2D eigenvalue weighted by molar-refractivity contribution is -0.151. The standard InChI is InChI=1S/C22H35N3O4/c23-20(26)18(21(27)24-12-5-8-15-7-2-4-10-17(15)24)19-16-9-3-1-6-14(16)11-13-25(19)22(28)29/h14-19H,1-13H2,(H2,23,26)(H,28,29). The van der Waals surface area contributed by atoms with Crippen molar-refractivity contribution in [3.8, 4) is 0 Å². The minimum atomic E-state index is -1.06. The molecule has 4 aliphatic rings. The monoisotopic (exact) mass is 405 g/mol. The van der Waals surface area contributed by atoms with Gasteiger partial charge in [-0.25, -0.2) is 4.79 Å². The number of rotatable bonds is 3. The Labute approximate surface area is 173 Å². The van der Waals surface area contributed by atoms with Gasteiger partial charge in [-0.15, -0.1) is 0 Å². The zero-order valence-corrected chi connectivity index (χ0v) is 17.3. The van der Waals surface area contributed by atoms with Crippen molar-refractivity contribution in [3.05, 3.63) is 0 Å². The van der Waals surface area contributed by atoms with Crippen molar-refractivity contribution in [1.82, 2.24) is 9.80 Å². The molecule has 4 fully saturated rings. The fourth-order valence-corrected chi connectivity index (χ4v) is 6.89. The Morgan fingerprint density at radius 3 is 2.17 bits per heavy atom. The zero-order valence-electron chi connectivity index (χ0n) is 17.3. The number of fused-ring (bicyclic) bond motifs is 2. The number of carbonyl (C=O) groups is 3. The summed E-state index contributed by atoms with van der Waals surface area (Å²) in [6, 6.07) is -0.420. The minimum absolute atomic E-state index is 0.0574. The number of nitrogens with two attached hydrogens (primary N) is 1. The summed E-state index contributed by atoms with van der Waals surface area (Å²) in [6.07, 6.45) is 10.4. The first kappa shape index (κ1) is 20.5. The maximum Gasteiger partial charge on any atom is 0.407 e. The molecule has 2 heterocycles. The Balaban J connectivity index is 1.64. The van der Waals surface area contributed by atoms with Gasteiger partial charge >= 0.3 is 6.09 Å². The molecule has 2 aliphatic heterocycles. The molecule has 0 aromatic rings. The van der Waals surface area contributed by atoms with E-state index in [1.54, 1.807) is 0 Å². The third kappa shape index (κ3) is 3.84. The van der Waals surface area contributed by atoms with Crippen molar-refractivity contribution in [3.63, 3.8) is 0 Å². The summed E-state index contributed by atoms with van der Waals surface area (Å²) in [5.41, 5.74) is 5.82. The lowest BCUT2D eigenvalue weighted by Gasteiger charge is -2.50. The molecule has 162 valence electrons. The molecular weight excluding hydrogens is 370 g/mol. The fraction of sp³-hybridized carbons (Fsp3) is 0.864. The van der Waals surface area contributed by atoms with Crippen molar-refractivity contribution < 1.29 is 19.5 Å². The van der Waals surface area contributed by atoms with E-state index in [1.807, 2.05) is 4.90 Å². The number of amides is 3.